The summed E-state index contributed by atoms with van der Waals surface area (Å²) in [6, 6.07) is 0. The van der Waals surface area contributed by atoms with E-state index in [4.69, 9.17) is 0 Å². The highest BCUT2D eigenvalue weighted by atomic mass is 28.3. The molecule has 0 aliphatic heterocycles. The van der Waals surface area contributed by atoms with Crippen LogP contribution in [0.5, 0.6) is 0 Å². The third-order valence-corrected chi connectivity index (χ3v) is 7.98. The molecule has 0 aromatic rings. The Hall–Kier alpha value is -0.223. The molecule has 88 valence electrons. The minimum atomic E-state index is -1.33. The van der Waals surface area contributed by atoms with E-state index < -0.39 is 8.07 Å². The Labute approximate surface area is 97.9 Å². The van der Waals surface area contributed by atoms with Gasteiger partial charge < -0.3 is 0 Å². The average Bonchev–Trinajstić information content (AvgIpc) is 2.09. The number of hydrogen-bond acceptors (Lipinski definition) is 0. The summed E-state index contributed by atoms with van der Waals surface area (Å²) in [4.78, 5) is 0. The van der Waals surface area contributed by atoms with Crippen molar-refractivity contribution in [3.63, 3.8) is 0 Å². The molecule has 0 saturated heterocycles. The minimum Gasteiger partial charge on any atom is -0.131 e. The normalized spacial score (nSPS) is 12.1. The van der Waals surface area contributed by atoms with Gasteiger partial charge >= 0.3 is 0 Å². The third-order valence-electron chi connectivity index (χ3n) is 3.43. The fraction of sp³-hybridized carbons (Fsp3) is 0.857. The fourth-order valence-corrected chi connectivity index (χ4v) is 2.05. The van der Waals surface area contributed by atoms with Crippen LogP contribution in [0.25, 0.3) is 0 Å². The predicted octanol–water partition coefficient (Wildman–Crippen LogP) is 5.01. The van der Waals surface area contributed by atoms with Crippen molar-refractivity contribution >= 4 is 8.07 Å². The van der Waals surface area contributed by atoms with E-state index >= 15 is 0 Å². The lowest BCUT2D eigenvalue weighted by Gasteiger charge is -2.31. The molecule has 0 aromatic heterocycles. The zero-order valence-corrected chi connectivity index (χ0v) is 12.5. The highest BCUT2D eigenvalue weighted by Crippen LogP contribution is 2.35. The number of hydrogen-bond donors (Lipinski definition) is 0. The first-order chi connectivity index (χ1) is 6.81. The largest absolute Gasteiger partial charge is 0.137 e. The Kier molecular flexibility index (Phi) is 6.28. The third kappa shape index (κ3) is 6.05. The quantitative estimate of drug-likeness (QED) is 0.358. The summed E-state index contributed by atoms with van der Waals surface area (Å²) in [7, 11) is -1.33. The van der Waals surface area contributed by atoms with Gasteiger partial charge in [0.2, 0.25) is 0 Å². The maximum absolute atomic E-state index is 3.56. The maximum Gasteiger partial charge on any atom is 0.137 e. The fourth-order valence-electron chi connectivity index (χ4n) is 1.11. The monoisotopic (exact) mass is 224 g/mol. The van der Waals surface area contributed by atoms with E-state index in [0.717, 1.165) is 6.42 Å². The zero-order chi connectivity index (χ0) is 11.9. The van der Waals surface area contributed by atoms with Crippen LogP contribution in [0.3, 0.4) is 0 Å². The molecule has 0 aliphatic rings. The molecule has 0 fully saturated rings. The SMILES string of the molecule is CCCCCCC#C[Si](C)(C)C(C)(C)C. The van der Waals surface area contributed by atoms with Crippen LogP contribution in [0.1, 0.15) is 59.8 Å². The number of rotatable bonds is 4. The van der Waals surface area contributed by atoms with Gasteiger partial charge in [-0.2, -0.15) is 0 Å². The molecule has 0 aromatic carbocycles. The first-order valence-electron chi connectivity index (χ1n) is 6.31. The standard InChI is InChI=1S/C14H28Si/c1-7-8-9-10-11-12-13-15(5,6)14(2,3)4/h7-11H2,1-6H3. The Bertz CT molecular complexity index is 222. The molecule has 0 nitrogen and oxygen atoms in total. The molecular weight excluding hydrogens is 196 g/mol. The molecule has 0 amide bonds. The number of unbranched alkanes of at least 4 members (excludes halogenated alkanes) is 4. The smallest absolute Gasteiger partial charge is 0.131 e. The molecule has 0 heterocycles. The molecule has 0 saturated carbocycles. The molecule has 0 N–H and O–H groups in total. The van der Waals surface area contributed by atoms with Crippen LogP contribution < -0.4 is 0 Å². The summed E-state index contributed by atoms with van der Waals surface area (Å²) < 4.78 is 0. The second-order valence-corrected chi connectivity index (χ2v) is 11.0. The summed E-state index contributed by atoms with van der Waals surface area (Å²) in [6.45, 7) is 14.0. The molecule has 0 rings (SSSR count). The molecule has 15 heavy (non-hydrogen) atoms. The van der Waals surface area contributed by atoms with E-state index in [1.54, 1.807) is 0 Å². The van der Waals surface area contributed by atoms with Crippen LogP contribution in [-0.4, -0.2) is 8.07 Å². The van der Waals surface area contributed by atoms with Crippen molar-refractivity contribution in [3.05, 3.63) is 0 Å². The van der Waals surface area contributed by atoms with Crippen molar-refractivity contribution in [2.45, 2.75) is 77.9 Å². The van der Waals surface area contributed by atoms with E-state index in [1.165, 1.54) is 25.7 Å². The van der Waals surface area contributed by atoms with Gasteiger partial charge in [0.15, 0.2) is 0 Å². The Morgan fingerprint density at radius 2 is 1.60 bits per heavy atom. The highest BCUT2D eigenvalue weighted by Gasteiger charge is 2.33. The van der Waals surface area contributed by atoms with Crippen molar-refractivity contribution in [2.24, 2.45) is 0 Å². The molecule has 0 spiro atoms. The molecule has 0 aliphatic carbocycles. The van der Waals surface area contributed by atoms with Gasteiger partial charge in [0, 0.05) is 6.42 Å². The van der Waals surface area contributed by atoms with E-state index in [-0.39, 0.29) is 0 Å². The van der Waals surface area contributed by atoms with Gasteiger partial charge in [0.25, 0.3) is 0 Å². The molecule has 0 atom stereocenters. The first kappa shape index (κ1) is 14.8. The zero-order valence-electron chi connectivity index (χ0n) is 11.5. The highest BCUT2D eigenvalue weighted by molar-refractivity contribution is 6.87. The van der Waals surface area contributed by atoms with E-state index in [1.807, 2.05) is 0 Å². The summed E-state index contributed by atoms with van der Waals surface area (Å²) in [5, 5.41) is 0.406. The van der Waals surface area contributed by atoms with Crippen LogP contribution in [0, 0.1) is 11.5 Å². The summed E-state index contributed by atoms with van der Waals surface area (Å²) in [5.74, 6) is 3.40. The van der Waals surface area contributed by atoms with Gasteiger partial charge in [-0.25, -0.2) is 0 Å². The van der Waals surface area contributed by atoms with E-state index in [9.17, 15) is 0 Å². The van der Waals surface area contributed by atoms with Gasteiger partial charge in [-0.15, -0.1) is 11.5 Å². The Morgan fingerprint density at radius 3 is 2.07 bits per heavy atom. The van der Waals surface area contributed by atoms with Gasteiger partial charge in [0.1, 0.15) is 8.07 Å². The van der Waals surface area contributed by atoms with Gasteiger partial charge in [-0.3, -0.25) is 0 Å². The van der Waals surface area contributed by atoms with Crippen LogP contribution >= 0.6 is 0 Å². The van der Waals surface area contributed by atoms with Crippen LogP contribution in [0.15, 0.2) is 0 Å². The molecule has 0 bridgehead atoms. The lowest BCUT2D eigenvalue weighted by molar-refractivity contribution is 0.679. The molecule has 0 radical (unpaired) electrons. The van der Waals surface area contributed by atoms with Gasteiger partial charge in [0.05, 0.1) is 0 Å². The summed E-state index contributed by atoms with van der Waals surface area (Å²) >= 11 is 0. The van der Waals surface area contributed by atoms with Crippen molar-refractivity contribution in [1.82, 2.24) is 0 Å². The minimum absolute atomic E-state index is 0.406. The van der Waals surface area contributed by atoms with Crippen LogP contribution in [0.4, 0.5) is 0 Å². The topological polar surface area (TPSA) is 0 Å². The van der Waals surface area contributed by atoms with Crippen molar-refractivity contribution < 1.29 is 0 Å². The second kappa shape index (κ2) is 6.38. The molecule has 0 unspecified atom stereocenters. The van der Waals surface area contributed by atoms with E-state index in [2.05, 4.69) is 52.3 Å². The van der Waals surface area contributed by atoms with Gasteiger partial charge in [-0.05, 0) is 11.5 Å². The van der Waals surface area contributed by atoms with Crippen molar-refractivity contribution in [1.29, 1.82) is 0 Å². The average molecular weight is 224 g/mol. The van der Waals surface area contributed by atoms with Gasteiger partial charge in [-0.1, -0.05) is 60.1 Å². The lowest BCUT2D eigenvalue weighted by Crippen LogP contribution is -2.35. The van der Waals surface area contributed by atoms with E-state index in [0.29, 0.717) is 5.04 Å². The molecular formula is C14H28Si. The molecule has 1 heteroatoms. The second-order valence-electron chi connectivity index (χ2n) is 5.99. The van der Waals surface area contributed by atoms with Crippen LogP contribution in [-0.2, 0) is 0 Å². The Balaban J connectivity index is 3.95. The predicted molar refractivity (Wildman–Crippen MR) is 73.7 cm³/mol. The van der Waals surface area contributed by atoms with Crippen molar-refractivity contribution in [2.75, 3.05) is 0 Å². The van der Waals surface area contributed by atoms with Crippen LogP contribution in [0.2, 0.25) is 18.1 Å². The first-order valence-corrected chi connectivity index (χ1v) is 9.31. The summed E-state index contributed by atoms with van der Waals surface area (Å²) in [5.41, 5.74) is 3.56. The maximum atomic E-state index is 3.56. The van der Waals surface area contributed by atoms with Crippen molar-refractivity contribution in [3.8, 4) is 11.5 Å². The Morgan fingerprint density at radius 1 is 1.00 bits per heavy atom. The lowest BCUT2D eigenvalue weighted by atomic mass is 10.2. The summed E-state index contributed by atoms with van der Waals surface area (Å²) in [6.07, 6.45) is 6.42.